The van der Waals surface area contributed by atoms with Crippen LogP contribution in [0.15, 0.2) is 12.1 Å². The maximum absolute atomic E-state index is 12.3. The molecule has 0 aliphatic rings. The van der Waals surface area contributed by atoms with E-state index in [9.17, 15) is 4.79 Å². The summed E-state index contributed by atoms with van der Waals surface area (Å²) < 4.78 is 0. The number of hydrogen-bond acceptors (Lipinski definition) is 2. The fourth-order valence-corrected chi connectivity index (χ4v) is 2.73. The van der Waals surface area contributed by atoms with Crippen molar-refractivity contribution in [1.82, 2.24) is 5.32 Å². The Bertz CT molecular complexity index is 562. The molecule has 3 heteroatoms. The summed E-state index contributed by atoms with van der Waals surface area (Å²) in [5.74, 6) is 0.0389. The van der Waals surface area contributed by atoms with E-state index in [1.807, 2.05) is 6.92 Å². The molecule has 0 aliphatic carbocycles. The number of carbonyl (C=O) groups excluding carboxylic acids is 1. The third kappa shape index (κ3) is 5.35. The summed E-state index contributed by atoms with van der Waals surface area (Å²) in [6.45, 7) is 17.8. The van der Waals surface area contributed by atoms with Gasteiger partial charge in [0.05, 0.1) is 6.42 Å². The van der Waals surface area contributed by atoms with Crippen molar-refractivity contribution >= 4 is 5.91 Å². The minimum absolute atomic E-state index is 0.00990. The van der Waals surface area contributed by atoms with Gasteiger partial charge in [0.1, 0.15) is 0 Å². The van der Waals surface area contributed by atoms with E-state index in [-0.39, 0.29) is 22.8 Å². The van der Waals surface area contributed by atoms with E-state index in [4.69, 9.17) is 5.73 Å². The maximum Gasteiger partial charge on any atom is 0.224 e. The zero-order valence-electron chi connectivity index (χ0n) is 16.1. The van der Waals surface area contributed by atoms with Crippen molar-refractivity contribution in [3.8, 4) is 0 Å². The first-order chi connectivity index (χ1) is 10.4. The molecule has 0 aromatic heterocycles. The third-order valence-electron chi connectivity index (χ3n) is 4.30. The Balaban J connectivity index is 3.28. The fourth-order valence-electron chi connectivity index (χ4n) is 2.73. The molecule has 0 spiro atoms. The van der Waals surface area contributed by atoms with E-state index in [0.717, 1.165) is 5.56 Å². The molecule has 1 amide bonds. The molecule has 130 valence electrons. The van der Waals surface area contributed by atoms with Crippen LogP contribution < -0.4 is 11.1 Å². The summed E-state index contributed by atoms with van der Waals surface area (Å²) in [7, 11) is 0. The van der Waals surface area contributed by atoms with E-state index in [2.05, 4.69) is 65.9 Å². The lowest BCUT2D eigenvalue weighted by Gasteiger charge is -2.28. The van der Waals surface area contributed by atoms with E-state index in [1.165, 1.54) is 16.7 Å². The monoisotopic (exact) mass is 318 g/mol. The zero-order valence-corrected chi connectivity index (χ0v) is 16.1. The van der Waals surface area contributed by atoms with Gasteiger partial charge in [-0.15, -0.1) is 0 Å². The second kappa shape index (κ2) is 7.04. The highest BCUT2D eigenvalue weighted by Crippen LogP contribution is 2.33. The quantitative estimate of drug-likeness (QED) is 0.891. The van der Waals surface area contributed by atoms with Gasteiger partial charge >= 0.3 is 0 Å². The molecule has 1 unspecified atom stereocenters. The number of nitrogens with two attached hydrogens (primary N) is 1. The van der Waals surface area contributed by atoms with Crippen LogP contribution in [0, 0.1) is 6.92 Å². The number of nitrogens with one attached hydrogen (secondary N) is 1. The lowest BCUT2D eigenvalue weighted by molar-refractivity contribution is -0.121. The molecular weight excluding hydrogens is 284 g/mol. The van der Waals surface area contributed by atoms with E-state index in [0.29, 0.717) is 13.0 Å². The smallest absolute Gasteiger partial charge is 0.224 e. The largest absolute Gasteiger partial charge is 0.352 e. The summed E-state index contributed by atoms with van der Waals surface area (Å²) >= 11 is 0. The maximum atomic E-state index is 12.3. The summed E-state index contributed by atoms with van der Waals surface area (Å²) in [5, 5.41) is 2.96. The molecular formula is C20H34N2O. The van der Waals surface area contributed by atoms with Gasteiger partial charge in [-0.3, -0.25) is 4.79 Å². The van der Waals surface area contributed by atoms with Gasteiger partial charge in [0.25, 0.3) is 0 Å². The van der Waals surface area contributed by atoms with Crippen LogP contribution in [0.4, 0.5) is 0 Å². The Hall–Kier alpha value is -1.35. The first-order valence-electron chi connectivity index (χ1n) is 8.50. The van der Waals surface area contributed by atoms with E-state index >= 15 is 0 Å². The van der Waals surface area contributed by atoms with Gasteiger partial charge in [-0.05, 0) is 46.9 Å². The van der Waals surface area contributed by atoms with Crippen LogP contribution in [0.5, 0.6) is 0 Å². The average molecular weight is 319 g/mol. The van der Waals surface area contributed by atoms with Gasteiger partial charge in [-0.25, -0.2) is 0 Å². The molecule has 0 radical (unpaired) electrons. The molecule has 0 fully saturated rings. The Kier molecular flexibility index (Phi) is 6.03. The summed E-state index contributed by atoms with van der Waals surface area (Å²) in [5.41, 5.74) is 10.6. The first kappa shape index (κ1) is 19.7. The van der Waals surface area contributed by atoms with Crippen LogP contribution >= 0.6 is 0 Å². The van der Waals surface area contributed by atoms with Gasteiger partial charge in [0, 0.05) is 12.6 Å². The van der Waals surface area contributed by atoms with Crippen molar-refractivity contribution in [3.63, 3.8) is 0 Å². The second-order valence-electron chi connectivity index (χ2n) is 8.69. The Morgan fingerprint density at radius 3 is 2.13 bits per heavy atom. The van der Waals surface area contributed by atoms with Crippen LogP contribution in [-0.2, 0) is 22.0 Å². The lowest BCUT2D eigenvalue weighted by Crippen LogP contribution is -2.38. The van der Waals surface area contributed by atoms with Crippen LogP contribution in [0.25, 0.3) is 0 Å². The molecule has 0 saturated heterocycles. The normalized spacial score (nSPS) is 13.8. The predicted octanol–water partition coefficient (Wildman–Crippen LogP) is 3.60. The number of benzene rings is 1. The molecule has 1 aromatic rings. The van der Waals surface area contributed by atoms with Crippen molar-refractivity contribution < 1.29 is 4.79 Å². The van der Waals surface area contributed by atoms with E-state index < -0.39 is 0 Å². The van der Waals surface area contributed by atoms with Crippen molar-refractivity contribution in [3.05, 3.63) is 34.4 Å². The second-order valence-corrected chi connectivity index (χ2v) is 8.69. The van der Waals surface area contributed by atoms with Crippen LogP contribution in [0.3, 0.4) is 0 Å². The highest BCUT2D eigenvalue weighted by molar-refractivity contribution is 5.79. The number of rotatable bonds is 4. The zero-order chi connectivity index (χ0) is 18.0. The Morgan fingerprint density at radius 1 is 1.13 bits per heavy atom. The average Bonchev–Trinajstić information content (AvgIpc) is 2.38. The first-order valence-corrected chi connectivity index (χ1v) is 8.50. The van der Waals surface area contributed by atoms with Crippen LogP contribution in [0.1, 0.15) is 70.7 Å². The van der Waals surface area contributed by atoms with Gasteiger partial charge in [0.15, 0.2) is 0 Å². The lowest BCUT2D eigenvalue weighted by atomic mass is 9.76. The van der Waals surface area contributed by atoms with E-state index in [1.54, 1.807) is 0 Å². The fraction of sp³-hybridized carbons (Fsp3) is 0.650. The number of hydrogen-bond donors (Lipinski definition) is 2. The minimum Gasteiger partial charge on any atom is -0.352 e. The molecule has 0 heterocycles. The molecule has 23 heavy (non-hydrogen) atoms. The van der Waals surface area contributed by atoms with Crippen LogP contribution in [-0.4, -0.2) is 18.5 Å². The number of amides is 1. The molecule has 0 saturated carbocycles. The highest BCUT2D eigenvalue weighted by atomic mass is 16.1. The van der Waals surface area contributed by atoms with Gasteiger partial charge in [-0.1, -0.05) is 53.7 Å². The molecule has 1 atom stereocenters. The molecule has 0 bridgehead atoms. The molecule has 0 aliphatic heterocycles. The molecule has 1 aromatic carbocycles. The minimum atomic E-state index is 0.00990. The predicted molar refractivity (Wildman–Crippen MR) is 98.9 cm³/mol. The molecule has 3 nitrogen and oxygen atoms in total. The Labute approximate surface area is 142 Å². The SMILES string of the molecule is Cc1c(CC(=O)NC(C)CN)cc(C(C)(C)C)cc1C(C)(C)C. The van der Waals surface area contributed by atoms with Crippen molar-refractivity contribution in [2.75, 3.05) is 6.54 Å². The van der Waals surface area contributed by atoms with Crippen molar-refractivity contribution in [1.29, 1.82) is 0 Å². The van der Waals surface area contributed by atoms with Crippen molar-refractivity contribution in [2.24, 2.45) is 5.73 Å². The van der Waals surface area contributed by atoms with Gasteiger partial charge in [0.2, 0.25) is 5.91 Å². The summed E-state index contributed by atoms with van der Waals surface area (Å²) in [6.07, 6.45) is 0.406. The number of carbonyl (C=O) groups is 1. The van der Waals surface area contributed by atoms with Gasteiger partial charge < -0.3 is 11.1 Å². The summed E-state index contributed by atoms with van der Waals surface area (Å²) in [4.78, 5) is 12.3. The topological polar surface area (TPSA) is 55.1 Å². The van der Waals surface area contributed by atoms with Crippen LogP contribution in [0.2, 0.25) is 0 Å². The highest BCUT2D eigenvalue weighted by Gasteiger charge is 2.24. The third-order valence-corrected chi connectivity index (χ3v) is 4.30. The Morgan fingerprint density at radius 2 is 1.70 bits per heavy atom. The van der Waals surface area contributed by atoms with Crippen molar-refractivity contribution in [2.45, 2.75) is 78.7 Å². The summed E-state index contributed by atoms with van der Waals surface area (Å²) in [6, 6.07) is 4.51. The standard InChI is InChI=1S/C20H34N2O/c1-13(12-21)22-18(23)10-15-9-16(19(3,4)5)11-17(14(15)2)20(6,7)8/h9,11,13H,10,12,21H2,1-8H3,(H,22,23). The molecule has 3 N–H and O–H groups in total. The van der Waals surface area contributed by atoms with Gasteiger partial charge in [-0.2, -0.15) is 0 Å². The molecule has 1 rings (SSSR count).